The summed E-state index contributed by atoms with van der Waals surface area (Å²) < 4.78 is 51.0. The molecule has 0 unspecified atom stereocenters. The molecule has 20 heavy (non-hydrogen) atoms. The van der Waals surface area contributed by atoms with Crippen molar-refractivity contribution in [1.82, 2.24) is 4.90 Å². The number of hydrogen-bond acceptors (Lipinski definition) is 3. The van der Waals surface area contributed by atoms with Gasteiger partial charge in [0, 0.05) is 20.7 Å². The zero-order chi connectivity index (χ0) is 19.6. The zero-order valence-electron chi connectivity index (χ0n) is 17.9. The van der Waals surface area contributed by atoms with Gasteiger partial charge in [0.15, 0.2) is 0 Å². The van der Waals surface area contributed by atoms with Crippen LogP contribution in [0.5, 0.6) is 5.75 Å². The van der Waals surface area contributed by atoms with E-state index in [4.69, 9.17) is 13.0 Å². The summed E-state index contributed by atoms with van der Waals surface area (Å²) in [6.45, 7) is -5.82. The SMILES string of the molecule is [2H]C([2H])([2H])N(C[C@@H](c1ccc(OC)cc1)C1(O)CCCCC1)C([2H])([2H])[2H]. The Kier molecular flexibility index (Phi) is 2.99. The molecule has 0 spiro atoms. The van der Waals surface area contributed by atoms with Crippen LogP contribution in [0.3, 0.4) is 0 Å². The fourth-order valence-electron chi connectivity index (χ4n) is 3.12. The molecule has 2 rings (SSSR count). The van der Waals surface area contributed by atoms with E-state index in [1.807, 2.05) is 0 Å². The highest BCUT2D eigenvalue weighted by Gasteiger charge is 2.38. The van der Waals surface area contributed by atoms with Gasteiger partial charge in [-0.3, -0.25) is 0 Å². The summed E-state index contributed by atoms with van der Waals surface area (Å²) in [6, 6.07) is 7.02. The molecule has 1 N–H and O–H groups in total. The molecule has 3 heteroatoms. The van der Waals surface area contributed by atoms with E-state index in [2.05, 4.69) is 0 Å². The second kappa shape index (κ2) is 6.59. The van der Waals surface area contributed by atoms with Gasteiger partial charge in [-0.25, -0.2) is 0 Å². The van der Waals surface area contributed by atoms with E-state index in [0.717, 1.165) is 19.3 Å². The molecule has 3 nitrogen and oxygen atoms in total. The maximum atomic E-state index is 11.3. The number of rotatable bonds is 5. The van der Waals surface area contributed by atoms with E-state index in [-0.39, 0.29) is 6.54 Å². The number of likely N-dealkylation sites (N-methyl/N-ethyl adjacent to an activating group) is 1. The van der Waals surface area contributed by atoms with E-state index >= 15 is 0 Å². The van der Waals surface area contributed by atoms with Gasteiger partial charge in [-0.15, -0.1) is 0 Å². The molecule has 1 aliphatic carbocycles. The van der Waals surface area contributed by atoms with Crippen LogP contribution < -0.4 is 4.74 Å². The fourth-order valence-corrected chi connectivity index (χ4v) is 3.12. The highest BCUT2D eigenvalue weighted by Crippen LogP contribution is 2.40. The lowest BCUT2D eigenvalue weighted by atomic mass is 9.72. The molecule has 0 bridgehead atoms. The van der Waals surface area contributed by atoms with Gasteiger partial charge < -0.3 is 14.7 Å². The van der Waals surface area contributed by atoms with E-state index in [0.29, 0.717) is 29.1 Å². The van der Waals surface area contributed by atoms with Gasteiger partial charge >= 0.3 is 0 Å². The van der Waals surface area contributed by atoms with Crippen LogP contribution >= 0.6 is 0 Å². The normalized spacial score (nSPS) is 25.6. The summed E-state index contributed by atoms with van der Waals surface area (Å²) in [5.41, 5.74) is -0.407. The summed E-state index contributed by atoms with van der Waals surface area (Å²) >= 11 is 0. The summed E-state index contributed by atoms with van der Waals surface area (Å²) in [5, 5.41) is 11.3. The number of hydrogen-bond donors (Lipinski definition) is 1. The Morgan fingerprint density at radius 1 is 1.25 bits per heavy atom. The lowest BCUT2D eigenvalue weighted by Crippen LogP contribution is -2.42. The van der Waals surface area contributed by atoms with Crippen molar-refractivity contribution in [2.45, 2.75) is 43.6 Å². The van der Waals surface area contributed by atoms with Crippen LogP contribution in [0.2, 0.25) is 0 Å². The van der Waals surface area contributed by atoms with Crippen molar-refractivity contribution in [3.05, 3.63) is 29.8 Å². The maximum absolute atomic E-state index is 11.3. The Hall–Kier alpha value is -1.06. The number of nitrogens with zero attached hydrogens (tertiary/aromatic N) is 1. The van der Waals surface area contributed by atoms with Gasteiger partial charge in [-0.2, -0.15) is 0 Å². The first-order valence-corrected chi connectivity index (χ1v) is 7.11. The average Bonchev–Trinajstić information content (AvgIpc) is 2.53. The second-order valence-corrected chi connectivity index (χ2v) is 5.60. The van der Waals surface area contributed by atoms with E-state index in [1.54, 1.807) is 31.4 Å². The van der Waals surface area contributed by atoms with Crippen molar-refractivity contribution in [1.29, 1.82) is 0 Å². The number of methoxy groups -OCH3 is 1. The largest absolute Gasteiger partial charge is 0.497 e. The summed E-state index contributed by atoms with van der Waals surface area (Å²) in [7, 11) is 1.55. The quantitative estimate of drug-likeness (QED) is 0.901. The Bertz CT molecular complexity index is 564. The van der Waals surface area contributed by atoms with Crippen molar-refractivity contribution in [3.63, 3.8) is 0 Å². The van der Waals surface area contributed by atoms with Crippen LogP contribution in [0.15, 0.2) is 24.3 Å². The van der Waals surface area contributed by atoms with Crippen LogP contribution in [0.1, 0.15) is 51.8 Å². The van der Waals surface area contributed by atoms with Gasteiger partial charge in [-0.05, 0) is 44.5 Å². The first-order valence-electron chi connectivity index (χ1n) is 10.1. The first kappa shape index (κ1) is 9.06. The Morgan fingerprint density at radius 2 is 1.90 bits per heavy atom. The molecule has 1 aliphatic rings. The molecule has 112 valence electrons. The van der Waals surface area contributed by atoms with Crippen LogP contribution in [0, 0.1) is 0 Å². The molecular formula is C17H27NO2. The summed E-state index contributed by atoms with van der Waals surface area (Å²) in [5.74, 6) is 0.0289. The predicted octanol–water partition coefficient (Wildman–Crippen LogP) is 3.04. The van der Waals surface area contributed by atoms with Gasteiger partial charge in [0.2, 0.25) is 0 Å². The Labute approximate surface area is 131 Å². The van der Waals surface area contributed by atoms with Crippen LogP contribution in [0.25, 0.3) is 0 Å². The van der Waals surface area contributed by atoms with Gasteiger partial charge in [0.1, 0.15) is 5.75 Å². The van der Waals surface area contributed by atoms with Crippen molar-refractivity contribution >= 4 is 0 Å². The lowest BCUT2D eigenvalue weighted by molar-refractivity contribution is -0.0277. The summed E-state index contributed by atoms with van der Waals surface area (Å²) in [6.07, 6.45) is 3.74. The van der Waals surface area contributed by atoms with Crippen molar-refractivity contribution in [3.8, 4) is 5.75 Å². The molecule has 0 saturated heterocycles. The van der Waals surface area contributed by atoms with Gasteiger partial charge in [0.05, 0.1) is 12.7 Å². The number of benzene rings is 1. The second-order valence-electron chi connectivity index (χ2n) is 5.60. The van der Waals surface area contributed by atoms with Crippen molar-refractivity contribution in [2.75, 3.05) is 27.6 Å². The molecule has 0 aliphatic heterocycles. The van der Waals surface area contributed by atoms with Crippen LogP contribution in [0.4, 0.5) is 0 Å². The monoisotopic (exact) mass is 283 g/mol. The molecule has 0 radical (unpaired) electrons. The zero-order valence-corrected chi connectivity index (χ0v) is 11.9. The standard InChI is InChI=1S/C17H27NO2/c1-18(2)13-16(17(19)11-5-4-6-12-17)14-7-9-15(20-3)10-8-14/h7-10,16,19H,4-6,11-13H2,1-3H3/t16-/m0/s1/i1D3,2D3. The minimum atomic E-state index is -2.78. The Balaban J connectivity index is 2.42. The first-order chi connectivity index (χ1) is 12.0. The van der Waals surface area contributed by atoms with E-state index in [1.165, 1.54) is 0 Å². The third kappa shape index (κ3) is 3.53. The predicted molar refractivity (Wildman–Crippen MR) is 82.3 cm³/mol. The summed E-state index contributed by atoms with van der Waals surface area (Å²) in [4.78, 5) is 0.543. The van der Waals surface area contributed by atoms with Crippen molar-refractivity contribution < 1.29 is 18.1 Å². The number of ether oxygens (including phenoxy) is 1. The molecule has 0 amide bonds. The molecule has 1 atom stereocenters. The third-order valence-corrected chi connectivity index (χ3v) is 4.25. The number of aliphatic hydroxyl groups is 1. The molecule has 0 heterocycles. The average molecular weight is 283 g/mol. The van der Waals surface area contributed by atoms with E-state index < -0.39 is 25.5 Å². The maximum Gasteiger partial charge on any atom is 0.118 e. The van der Waals surface area contributed by atoms with Crippen LogP contribution in [-0.4, -0.2) is 43.2 Å². The van der Waals surface area contributed by atoms with Crippen molar-refractivity contribution in [2.24, 2.45) is 0 Å². The highest BCUT2D eigenvalue weighted by molar-refractivity contribution is 5.31. The minimum Gasteiger partial charge on any atom is -0.497 e. The van der Waals surface area contributed by atoms with Gasteiger partial charge in [-0.1, -0.05) is 31.4 Å². The Morgan fingerprint density at radius 3 is 2.45 bits per heavy atom. The molecule has 1 fully saturated rings. The third-order valence-electron chi connectivity index (χ3n) is 4.25. The highest BCUT2D eigenvalue weighted by atomic mass is 16.5. The molecule has 0 aromatic heterocycles. The fraction of sp³-hybridized carbons (Fsp3) is 0.647. The van der Waals surface area contributed by atoms with Crippen LogP contribution in [-0.2, 0) is 0 Å². The molecule has 1 saturated carbocycles. The lowest BCUT2D eigenvalue weighted by Gasteiger charge is -2.40. The van der Waals surface area contributed by atoms with Gasteiger partial charge in [0.25, 0.3) is 0 Å². The molecular weight excluding hydrogens is 250 g/mol. The smallest absolute Gasteiger partial charge is 0.118 e. The topological polar surface area (TPSA) is 32.7 Å². The molecule has 1 aromatic carbocycles. The minimum absolute atomic E-state index is 0.268. The van der Waals surface area contributed by atoms with E-state index in [9.17, 15) is 5.11 Å². The molecule has 1 aromatic rings.